The number of nitrogens with zero attached hydrogens (tertiary/aromatic N) is 2. The topological polar surface area (TPSA) is 56.1 Å². The number of halogens is 1. The molecule has 4 aromatic rings. The van der Waals surface area contributed by atoms with Gasteiger partial charge in [0, 0.05) is 10.9 Å². The van der Waals surface area contributed by atoms with Crippen molar-refractivity contribution in [3.05, 3.63) is 82.1 Å². The second-order valence-electron chi connectivity index (χ2n) is 7.14. The molecule has 0 saturated heterocycles. The molecule has 0 fully saturated rings. The monoisotopic (exact) mass is 423 g/mol. The highest BCUT2D eigenvalue weighted by Gasteiger charge is 2.19. The zero-order valence-electron chi connectivity index (χ0n) is 17.0. The van der Waals surface area contributed by atoms with Gasteiger partial charge in [0.25, 0.3) is 5.91 Å². The second kappa shape index (κ2) is 8.28. The number of carbonyl (C=O) groups excluding carboxylic acids is 1. The molecule has 1 amide bonds. The van der Waals surface area contributed by atoms with Crippen LogP contribution in [0.15, 0.2) is 54.6 Å². The molecule has 0 aliphatic rings. The van der Waals surface area contributed by atoms with Crippen molar-refractivity contribution in [2.24, 2.45) is 0 Å². The van der Waals surface area contributed by atoms with Crippen LogP contribution >= 0.6 is 11.3 Å². The van der Waals surface area contributed by atoms with Gasteiger partial charge in [-0.15, -0.1) is 11.3 Å². The smallest absolute Gasteiger partial charge is 0.261 e. The number of nitrogens with one attached hydrogen (secondary N) is 1. The number of para-hydroxylation sites is 1. The van der Waals surface area contributed by atoms with Crippen molar-refractivity contribution in [2.75, 3.05) is 7.11 Å². The van der Waals surface area contributed by atoms with E-state index in [1.54, 1.807) is 19.2 Å². The first-order chi connectivity index (χ1) is 14.5. The minimum Gasteiger partial charge on any atom is -0.496 e. The third-order valence-electron chi connectivity index (χ3n) is 5.03. The fourth-order valence-corrected chi connectivity index (χ4v) is 4.53. The van der Waals surface area contributed by atoms with E-state index < -0.39 is 0 Å². The van der Waals surface area contributed by atoms with Crippen LogP contribution in [0.4, 0.5) is 4.39 Å². The summed E-state index contributed by atoms with van der Waals surface area (Å²) in [5.41, 5.74) is 2.73. The number of hydrogen-bond acceptors (Lipinski definition) is 4. The Morgan fingerprint density at radius 2 is 1.97 bits per heavy atom. The largest absolute Gasteiger partial charge is 0.496 e. The summed E-state index contributed by atoms with van der Waals surface area (Å²) in [6.07, 6.45) is 0. The van der Waals surface area contributed by atoms with E-state index in [2.05, 4.69) is 10.4 Å². The van der Waals surface area contributed by atoms with E-state index in [4.69, 9.17) is 4.74 Å². The lowest BCUT2D eigenvalue weighted by Crippen LogP contribution is -2.26. The molecule has 7 heteroatoms. The van der Waals surface area contributed by atoms with Gasteiger partial charge >= 0.3 is 0 Å². The van der Waals surface area contributed by atoms with Crippen LogP contribution in [-0.2, 0) is 6.54 Å². The Morgan fingerprint density at radius 1 is 1.23 bits per heavy atom. The predicted molar refractivity (Wildman–Crippen MR) is 117 cm³/mol. The van der Waals surface area contributed by atoms with Crippen molar-refractivity contribution in [3.8, 4) is 5.75 Å². The number of amides is 1. The number of carbonyl (C=O) groups is 1. The molecule has 2 heterocycles. The lowest BCUT2D eigenvalue weighted by molar-refractivity contribution is 0.0943. The third kappa shape index (κ3) is 3.93. The van der Waals surface area contributed by atoms with Gasteiger partial charge in [0.1, 0.15) is 16.4 Å². The van der Waals surface area contributed by atoms with E-state index in [1.807, 2.05) is 48.9 Å². The van der Waals surface area contributed by atoms with Crippen molar-refractivity contribution in [2.45, 2.75) is 26.4 Å². The first-order valence-corrected chi connectivity index (χ1v) is 10.4. The number of benzene rings is 2. The first kappa shape index (κ1) is 20.1. The molecule has 1 unspecified atom stereocenters. The minimum absolute atomic E-state index is 0.137. The average molecular weight is 424 g/mol. The van der Waals surface area contributed by atoms with Gasteiger partial charge in [-0.1, -0.05) is 30.3 Å². The number of rotatable bonds is 6. The summed E-state index contributed by atoms with van der Waals surface area (Å²) in [5, 5.41) is 8.59. The summed E-state index contributed by atoms with van der Waals surface area (Å²) < 4.78 is 20.4. The molecule has 0 aliphatic carbocycles. The van der Waals surface area contributed by atoms with E-state index in [0.717, 1.165) is 32.8 Å². The normalized spacial score (nSPS) is 12.1. The van der Waals surface area contributed by atoms with Crippen LogP contribution in [0.3, 0.4) is 0 Å². The molecule has 1 atom stereocenters. The SMILES string of the molecule is COc1ccccc1C(C)NC(=O)c1cc2c(C)nn(Cc3ccc(F)cc3)c2s1. The standard InChI is InChI=1S/C23H22FN3O2S/c1-14(18-6-4-5-7-20(18)29-3)25-22(28)21-12-19-15(2)26-27(23(19)30-21)13-16-8-10-17(24)11-9-16/h4-12,14H,13H2,1-3H3,(H,25,28). The fourth-order valence-electron chi connectivity index (χ4n) is 3.46. The number of thiophene rings is 1. The molecule has 1 N–H and O–H groups in total. The first-order valence-electron chi connectivity index (χ1n) is 9.61. The molecular weight excluding hydrogens is 401 g/mol. The van der Waals surface area contributed by atoms with E-state index in [1.165, 1.54) is 23.5 Å². The van der Waals surface area contributed by atoms with E-state index in [0.29, 0.717) is 11.4 Å². The quantitative estimate of drug-likeness (QED) is 0.470. The number of ether oxygens (including phenoxy) is 1. The van der Waals surface area contributed by atoms with Crippen molar-refractivity contribution < 1.29 is 13.9 Å². The van der Waals surface area contributed by atoms with E-state index in [-0.39, 0.29) is 17.8 Å². The van der Waals surface area contributed by atoms with Crippen LogP contribution in [0.25, 0.3) is 10.2 Å². The zero-order valence-corrected chi connectivity index (χ0v) is 17.8. The number of aryl methyl sites for hydroxylation is 1. The molecule has 4 rings (SSSR count). The molecule has 2 aromatic carbocycles. The summed E-state index contributed by atoms with van der Waals surface area (Å²) in [4.78, 5) is 14.4. The molecule has 0 spiro atoms. The van der Waals surface area contributed by atoms with Gasteiger partial charge in [0.2, 0.25) is 0 Å². The van der Waals surface area contributed by atoms with Crippen LogP contribution in [-0.4, -0.2) is 22.8 Å². The summed E-state index contributed by atoms with van der Waals surface area (Å²) in [5.74, 6) is 0.342. The molecule has 0 saturated carbocycles. The second-order valence-corrected chi connectivity index (χ2v) is 8.17. The van der Waals surface area contributed by atoms with Crippen LogP contribution in [0.5, 0.6) is 5.75 Å². The molecule has 0 radical (unpaired) electrons. The van der Waals surface area contributed by atoms with E-state index in [9.17, 15) is 9.18 Å². The summed E-state index contributed by atoms with van der Waals surface area (Å²) >= 11 is 1.41. The van der Waals surface area contributed by atoms with Crippen LogP contribution in [0.2, 0.25) is 0 Å². The number of hydrogen-bond donors (Lipinski definition) is 1. The van der Waals surface area contributed by atoms with Crippen LogP contribution in [0, 0.1) is 12.7 Å². The molecule has 0 aliphatic heterocycles. The van der Waals surface area contributed by atoms with Gasteiger partial charge in [0.15, 0.2) is 0 Å². The Balaban J connectivity index is 1.57. The highest BCUT2D eigenvalue weighted by Crippen LogP contribution is 2.30. The molecule has 2 aromatic heterocycles. The van der Waals surface area contributed by atoms with Gasteiger partial charge in [-0.2, -0.15) is 5.10 Å². The highest BCUT2D eigenvalue weighted by molar-refractivity contribution is 7.20. The Bertz CT molecular complexity index is 1200. The average Bonchev–Trinajstić information content (AvgIpc) is 3.31. The van der Waals surface area contributed by atoms with Gasteiger partial charge in [-0.05, 0) is 43.7 Å². The summed E-state index contributed by atoms with van der Waals surface area (Å²) in [7, 11) is 1.62. The van der Waals surface area contributed by atoms with Gasteiger partial charge < -0.3 is 10.1 Å². The maximum Gasteiger partial charge on any atom is 0.261 e. The van der Waals surface area contributed by atoms with Crippen molar-refractivity contribution >= 4 is 27.5 Å². The third-order valence-corrected chi connectivity index (χ3v) is 6.18. The Kier molecular flexibility index (Phi) is 5.55. The lowest BCUT2D eigenvalue weighted by atomic mass is 10.1. The van der Waals surface area contributed by atoms with Crippen molar-refractivity contribution in [1.82, 2.24) is 15.1 Å². The number of aromatic nitrogens is 2. The van der Waals surface area contributed by atoms with Gasteiger partial charge in [-0.25, -0.2) is 4.39 Å². The zero-order chi connectivity index (χ0) is 21.3. The molecule has 30 heavy (non-hydrogen) atoms. The maximum atomic E-state index is 13.2. The number of fused-ring (bicyclic) bond motifs is 1. The molecular formula is C23H22FN3O2S. The maximum absolute atomic E-state index is 13.2. The lowest BCUT2D eigenvalue weighted by Gasteiger charge is -2.16. The Hall–Kier alpha value is -3.19. The van der Waals surface area contributed by atoms with Crippen molar-refractivity contribution in [1.29, 1.82) is 0 Å². The van der Waals surface area contributed by atoms with Gasteiger partial charge in [0.05, 0.1) is 30.3 Å². The van der Waals surface area contributed by atoms with Crippen LogP contribution < -0.4 is 10.1 Å². The van der Waals surface area contributed by atoms with Crippen LogP contribution in [0.1, 0.15) is 39.5 Å². The Morgan fingerprint density at radius 3 is 2.70 bits per heavy atom. The van der Waals surface area contributed by atoms with Crippen molar-refractivity contribution in [3.63, 3.8) is 0 Å². The van der Waals surface area contributed by atoms with E-state index >= 15 is 0 Å². The Labute approximate surface area is 178 Å². The molecule has 154 valence electrons. The fraction of sp³-hybridized carbons (Fsp3) is 0.217. The molecule has 0 bridgehead atoms. The molecule has 5 nitrogen and oxygen atoms in total. The predicted octanol–water partition coefficient (Wildman–Crippen LogP) is 5.09. The summed E-state index contributed by atoms with van der Waals surface area (Å²) in [6, 6.07) is 15.7. The minimum atomic E-state index is -0.264. The summed E-state index contributed by atoms with van der Waals surface area (Å²) in [6.45, 7) is 4.38. The number of methoxy groups -OCH3 is 1. The highest BCUT2D eigenvalue weighted by atomic mass is 32.1. The van der Waals surface area contributed by atoms with Gasteiger partial charge in [-0.3, -0.25) is 9.48 Å².